The van der Waals surface area contributed by atoms with Gasteiger partial charge in [-0.3, -0.25) is 18.2 Å². The van der Waals surface area contributed by atoms with Gasteiger partial charge in [-0.1, -0.05) is 0 Å². The molecular weight excluding hydrogens is 796 g/mol. The van der Waals surface area contributed by atoms with E-state index in [0.29, 0.717) is 23.4 Å². The first-order valence-corrected chi connectivity index (χ1v) is 19.7. The maximum Gasteiger partial charge on any atom is 0.296 e. The van der Waals surface area contributed by atoms with Crippen molar-refractivity contribution in [2.75, 3.05) is 16.4 Å². The lowest BCUT2D eigenvalue weighted by Crippen LogP contribution is -2.06. The molecule has 0 fully saturated rings. The fourth-order valence-electron chi connectivity index (χ4n) is 4.58. The van der Waals surface area contributed by atoms with Gasteiger partial charge in [-0.25, -0.2) is 0 Å². The normalized spacial score (nSPS) is 12.7. The predicted molar refractivity (Wildman–Crippen MR) is 182 cm³/mol. The third-order valence-electron chi connectivity index (χ3n) is 6.84. The number of halogens is 1. The number of phenols is 1. The Morgan fingerprint density at radius 1 is 0.692 bits per heavy atom. The first-order valence-electron chi connectivity index (χ1n) is 13.5. The molecule has 5 aromatic rings. The molecule has 0 spiro atoms. The van der Waals surface area contributed by atoms with Crippen LogP contribution in [0.3, 0.4) is 0 Å². The van der Waals surface area contributed by atoms with E-state index in [2.05, 4.69) is 35.8 Å². The number of rotatable bonds is 10. The van der Waals surface area contributed by atoms with E-state index in [1.165, 1.54) is 19.1 Å². The van der Waals surface area contributed by atoms with Crippen LogP contribution in [0.1, 0.15) is 5.56 Å². The van der Waals surface area contributed by atoms with E-state index in [0.717, 1.165) is 30.3 Å². The third kappa shape index (κ3) is 8.33. The van der Waals surface area contributed by atoms with Gasteiger partial charge in [0, 0.05) is 22.8 Å². The maximum absolute atomic E-state index is 12.3. The number of anilines is 5. The van der Waals surface area contributed by atoms with E-state index in [-0.39, 0.29) is 38.5 Å². The Kier molecular flexibility index (Phi) is 9.86. The van der Waals surface area contributed by atoms with E-state index in [1.54, 1.807) is 0 Å². The highest BCUT2D eigenvalue weighted by Crippen LogP contribution is 2.43. The van der Waals surface area contributed by atoms with Crippen molar-refractivity contribution in [2.45, 2.75) is 26.5 Å². The molecule has 9 N–H and O–H groups in total. The highest BCUT2D eigenvalue weighted by molar-refractivity contribution is 7.86. The summed E-state index contributed by atoms with van der Waals surface area (Å²) < 4.78 is 134. The van der Waals surface area contributed by atoms with Crippen molar-refractivity contribution in [2.24, 2.45) is 10.2 Å². The molecule has 0 radical (unpaired) electrons. The molecule has 21 nitrogen and oxygen atoms in total. The predicted octanol–water partition coefficient (Wildman–Crippen LogP) is 4.16. The molecule has 0 aliphatic carbocycles. The Balaban J connectivity index is 1.57. The second kappa shape index (κ2) is 13.5. The highest BCUT2D eigenvalue weighted by atomic mass is 35.5. The number of azo groups is 1. The minimum Gasteiger partial charge on any atom is -0.507 e. The Hall–Kier alpha value is -5.12. The Labute approximate surface area is 298 Å². The highest BCUT2D eigenvalue weighted by Gasteiger charge is 2.25. The molecule has 1 aromatic heterocycles. The van der Waals surface area contributed by atoms with E-state index in [1.807, 2.05) is 0 Å². The van der Waals surface area contributed by atoms with Crippen LogP contribution in [-0.4, -0.2) is 71.9 Å². The summed E-state index contributed by atoms with van der Waals surface area (Å²) in [5.74, 6) is -1.26. The van der Waals surface area contributed by atoms with Gasteiger partial charge in [0.15, 0.2) is 0 Å². The lowest BCUT2D eigenvalue weighted by atomic mass is 10.1. The Morgan fingerprint density at radius 2 is 1.31 bits per heavy atom. The second-order valence-electron chi connectivity index (χ2n) is 10.4. The first kappa shape index (κ1) is 38.1. The zero-order valence-electron chi connectivity index (χ0n) is 25.5. The van der Waals surface area contributed by atoms with Crippen LogP contribution in [-0.2, 0) is 40.5 Å². The third-order valence-corrected chi connectivity index (χ3v) is 10.5. The summed E-state index contributed by atoms with van der Waals surface area (Å²) >= 11 is 6.05. The molecule has 0 saturated carbocycles. The van der Waals surface area contributed by atoms with Crippen LogP contribution in [0.15, 0.2) is 84.4 Å². The number of aromatic hydroxyl groups is 1. The molecule has 5 rings (SSSR count). The Morgan fingerprint density at radius 3 is 1.88 bits per heavy atom. The summed E-state index contributed by atoms with van der Waals surface area (Å²) in [7, 11) is -19.6. The Bertz CT molecular complexity index is 2800. The molecule has 0 saturated heterocycles. The summed E-state index contributed by atoms with van der Waals surface area (Å²) in [4.78, 5) is 8.84. The SMILES string of the molecule is Cc1cc(S(=O)(=O)O)ccc1Nc1nc(Cl)nc(Nc2ccc(S(=O)(=O)O)c(N=Nc3c(S(=O)(=O)O)cc4cc(S(=O)(=O)O)cc(O)c4c3N)c2)n1. The van der Waals surface area contributed by atoms with Crippen molar-refractivity contribution in [3.63, 3.8) is 0 Å². The van der Waals surface area contributed by atoms with E-state index < -0.39 is 78.0 Å². The van der Waals surface area contributed by atoms with E-state index in [4.69, 9.17) is 17.3 Å². The molecule has 4 aromatic carbocycles. The fourth-order valence-corrected chi connectivity index (χ4v) is 7.12. The molecule has 52 heavy (non-hydrogen) atoms. The largest absolute Gasteiger partial charge is 0.507 e. The van der Waals surface area contributed by atoms with E-state index in [9.17, 15) is 57.0 Å². The monoisotopic (exact) mass is 816 g/mol. The van der Waals surface area contributed by atoms with Gasteiger partial charge in [-0.2, -0.15) is 48.6 Å². The van der Waals surface area contributed by atoms with Crippen LogP contribution in [0.2, 0.25) is 5.28 Å². The van der Waals surface area contributed by atoms with Gasteiger partial charge in [0.1, 0.15) is 26.9 Å². The maximum atomic E-state index is 12.3. The second-order valence-corrected chi connectivity index (χ2v) is 16.4. The van der Waals surface area contributed by atoms with Crippen LogP contribution in [0.5, 0.6) is 5.75 Å². The molecule has 26 heteroatoms. The van der Waals surface area contributed by atoms with Crippen molar-refractivity contribution in [1.82, 2.24) is 15.0 Å². The van der Waals surface area contributed by atoms with Gasteiger partial charge in [-0.15, -0.1) is 10.2 Å². The molecule has 274 valence electrons. The number of hydrogen-bond donors (Lipinski definition) is 8. The number of nitrogens with zero attached hydrogens (tertiary/aromatic N) is 5. The number of nitrogen functional groups attached to an aromatic ring is 1. The summed E-state index contributed by atoms with van der Waals surface area (Å²) in [5, 5.41) is 22.3. The summed E-state index contributed by atoms with van der Waals surface area (Å²) in [6, 6.07) is 8.60. The van der Waals surface area contributed by atoms with Gasteiger partial charge in [0.05, 0.1) is 15.5 Å². The van der Waals surface area contributed by atoms with Crippen LogP contribution >= 0.6 is 11.6 Å². The number of benzene rings is 4. The number of aryl methyl sites for hydroxylation is 1. The number of nitrogens with one attached hydrogen (secondary N) is 2. The summed E-state index contributed by atoms with van der Waals surface area (Å²) in [6.45, 7) is 1.53. The molecule has 0 amide bonds. The van der Waals surface area contributed by atoms with Crippen LogP contribution in [0, 0.1) is 6.92 Å². The number of phenolic OH excluding ortho intramolecular Hbond substituents is 1. The molecule has 0 unspecified atom stereocenters. The van der Waals surface area contributed by atoms with Crippen molar-refractivity contribution in [1.29, 1.82) is 0 Å². The molecular formula is C26H21ClN8O13S4. The van der Waals surface area contributed by atoms with Gasteiger partial charge in [0.2, 0.25) is 17.2 Å². The number of nitrogens with two attached hydrogens (primary N) is 1. The first-order chi connectivity index (χ1) is 23.9. The minimum absolute atomic E-state index is 0.0277. The number of fused-ring (bicyclic) bond motifs is 1. The molecule has 0 bridgehead atoms. The number of hydrogen-bond acceptors (Lipinski definition) is 17. The average molecular weight is 817 g/mol. The van der Waals surface area contributed by atoms with Crippen molar-refractivity contribution in [3.8, 4) is 5.75 Å². The van der Waals surface area contributed by atoms with Crippen molar-refractivity contribution in [3.05, 3.63) is 65.4 Å². The van der Waals surface area contributed by atoms with Gasteiger partial charge in [0.25, 0.3) is 40.5 Å². The molecule has 0 aliphatic heterocycles. The topological polar surface area (TPSA) is 351 Å². The van der Waals surface area contributed by atoms with Gasteiger partial charge in [-0.05, 0) is 78.0 Å². The fraction of sp³-hybridized carbons (Fsp3) is 0.0385. The van der Waals surface area contributed by atoms with Crippen molar-refractivity contribution < 1.29 is 57.0 Å². The summed E-state index contributed by atoms with van der Waals surface area (Å²) in [6.07, 6.45) is 0. The standard InChI is InChI=1S/C26H21ClN8O13S4/c1-11-6-14(49(37,38)39)3-4-16(11)30-26-32-24(27)31-25(33-26)29-13-2-5-19(51(43,44)45)17(9-13)34-35-23-20(52(46,47)48)8-12-7-15(50(40,41)42)10-18(36)21(12)22(23)28/h2-10,36H,28H2,1H3,(H,37,38,39)(H,40,41,42)(H,43,44,45)(H,46,47,48)(H2,29,30,31,32,33). The molecule has 1 heterocycles. The molecule has 0 aliphatic rings. The average Bonchev–Trinajstić information content (AvgIpc) is 2.99. The number of aromatic nitrogens is 3. The van der Waals surface area contributed by atoms with Crippen molar-refractivity contribution >= 4 is 103 Å². The van der Waals surface area contributed by atoms with Gasteiger partial charge >= 0.3 is 0 Å². The lowest BCUT2D eigenvalue weighted by Gasteiger charge is -2.13. The van der Waals surface area contributed by atoms with Crippen LogP contribution < -0.4 is 16.4 Å². The molecule has 0 atom stereocenters. The van der Waals surface area contributed by atoms with Crippen LogP contribution in [0.4, 0.5) is 40.3 Å². The minimum atomic E-state index is -5.23. The zero-order chi connectivity index (χ0) is 38.6. The lowest BCUT2D eigenvalue weighted by molar-refractivity contribution is 0.471. The quantitative estimate of drug-likeness (QED) is 0.0557. The zero-order valence-corrected chi connectivity index (χ0v) is 29.5. The van der Waals surface area contributed by atoms with E-state index >= 15 is 0 Å². The van der Waals surface area contributed by atoms with Crippen LogP contribution in [0.25, 0.3) is 10.8 Å². The smallest absolute Gasteiger partial charge is 0.296 e. The summed E-state index contributed by atoms with van der Waals surface area (Å²) in [5.41, 5.74) is 4.53. The van der Waals surface area contributed by atoms with Gasteiger partial charge < -0.3 is 21.5 Å².